The van der Waals surface area contributed by atoms with E-state index in [4.69, 9.17) is 0 Å². The maximum atomic E-state index is 2.60. The largest absolute Gasteiger partial charge is 0.311 e. The van der Waals surface area contributed by atoms with E-state index in [1.54, 1.807) is 0 Å². The van der Waals surface area contributed by atoms with Crippen LogP contribution in [0.1, 0.15) is 67.3 Å². The summed E-state index contributed by atoms with van der Waals surface area (Å²) in [4.78, 5) is 2.60. The Morgan fingerprint density at radius 1 is 0.471 bits per heavy atom. The quantitative estimate of drug-likeness (QED) is 0.135. The lowest BCUT2D eigenvalue weighted by atomic mass is 9.37. The predicted molar refractivity (Wildman–Crippen MR) is 223 cm³/mol. The second kappa shape index (κ2) is 10.8. The van der Waals surface area contributed by atoms with E-state index >= 15 is 0 Å². The fraction of sp³-hybridized carbons (Fsp3) is 0.184. The topological polar surface area (TPSA) is 3.24 Å². The van der Waals surface area contributed by atoms with Crippen molar-refractivity contribution in [2.45, 2.75) is 60.3 Å². The van der Waals surface area contributed by atoms with E-state index in [-0.39, 0.29) is 6.71 Å². The summed E-state index contributed by atoms with van der Waals surface area (Å²) < 4.78 is 0. The van der Waals surface area contributed by atoms with Gasteiger partial charge in [-0.3, -0.25) is 0 Å². The van der Waals surface area contributed by atoms with Gasteiger partial charge >= 0.3 is 0 Å². The van der Waals surface area contributed by atoms with Gasteiger partial charge in [-0.15, -0.1) is 0 Å². The summed E-state index contributed by atoms with van der Waals surface area (Å²) in [6.45, 7) is 16.4. The van der Waals surface area contributed by atoms with E-state index in [1.165, 1.54) is 116 Å². The van der Waals surface area contributed by atoms with Gasteiger partial charge in [0.15, 0.2) is 0 Å². The molecule has 0 amide bonds. The first-order valence-electron chi connectivity index (χ1n) is 18.7. The third-order valence-corrected chi connectivity index (χ3v) is 12.0. The van der Waals surface area contributed by atoms with E-state index < -0.39 is 0 Å². The van der Waals surface area contributed by atoms with Crippen LogP contribution in [-0.4, -0.2) is 6.71 Å². The minimum Gasteiger partial charge on any atom is -0.311 e. The van der Waals surface area contributed by atoms with Crippen LogP contribution in [0.25, 0.3) is 54.6 Å². The molecule has 0 N–H and O–H groups in total. The lowest BCUT2D eigenvalue weighted by Crippen LogP contribution is -2.54. The predicted octanol–water partition coefficient (Wildman–Crippen LogP) is 11.7. The van der Waals surface area contributed by atoms with Crippen LogP contribution in [0.3, 0.4) is 0 Å². The summed E-state index contributed by atoms with van der Waals surface area (Å²) in [6.07, 6.45) is 0. The third-order valence-electron chi connectivity index (χ3n) is 12.0. The third kappa shape index (κ3) is 4.11. The molecule has 246 valence electrons. The SMILES string of the molecule is Cc1cc(C)c(-c2cc(C(C)C)c3ccc4c(N5c6ccccc6B6c7ccccc7-c7cccc5c76)cc(C(C)C)c5ccc2c3c54)c(C)c1. The molecule has 51 heavy (non-hydrogen) atoms. The number of para-hydroxylation sites is 1. The smallest absolute Gasteiger partial charge is 0.248 e. The number of hydrogen-bond donors (Lipinski definition) is 0. The molecule has 10 rings (SSSR count). The van der Waals surface area contributed by atoms with Crippen LogP contribution in [0.4, 0.5) is 17.1 Å². The van der Waals surface area contributed by atoms with Crippen molar-refractivity contribution in [3.05, 3.63) is 143 Å². The lowest BCUT2D eigenvalue weighted by Gasteiger charge is -2.37. The van der Waals surface area contributed by atoms with Crippen molar-refractivity contribution in [1.29, 1.82) is 0 Å². The minimum atomic E-state index is 0.237. The van der Waals surface area contributed by atoms with E-state index in [0.29, 0.717) is 11.8 Å². The molecule has 0 aromatic heterocycles. The van der Waals surface area contributed by atoms with E-state index in [9.17, 15) is 0 Å². The molecule has 8 aromatic rings. The number of fused-ring (bicyclic) bond motifs is 5. The van der Waals surface area contributed by atoms with Crippen LogP contribution in [0.5, 0.6) is 0 Å². The average molecular weight is 656 g/mol. The highest BCUT2D eigenvalue weighted by Crippen LogP contribution is 2.50. The Morgan fingerprint density at radius 2 is 1.04 bits per heavy atom. The molecule has 0 spiro atoms. The molecule has 1 nitrogen and oxygen atoms in total. The van der Waals surface area contributed by atoms with Crippen LogP contribution in [-0.2, 0) is 0 Å². The Kier molecular flexibility index (Phi) is 6.48. The number of benzene rings is 8. The summed E-state index contributed by atoms with van der Waals surface area (Å²) in [5, 5.41) is 8.23. The summed E-state index contributed by atoms with van der Waals surface area (Å²) in [7, 11) is 0. The standard InChI is InChI=1S/C49H42BN/c1-27(2)38-25-40(46-30(6)23-29(5)24-31(46)7)35-20-19-34-39(28(3)4)26-45(37-22-21-33(38)47(35)48(34)37)51-43-17-11-10-16-42(43)50-41-15-9-8-13-32(41)36-14-12-18-44(51)49(36)50/h8-28H,1-7H3. The maximum Gasteiger partial charge on any atom is 0.248 e. The highest BCUT2D eigenvalue weighted by atomic mass is 15.2. The Labute approximate surface area is 302 Å². The number of hydrogen-bond acceptors (Lipinski definition) is 1. The molecule has 0 bridgehead atoms. The van der Waals surface area contributed by atoms with E-state index in [0.717, 1.165) is 0 Å². The molecule has 2 heteroatoms. The fourth-order valence-corrected chi connectivity index (χ4v) is 10.1. The van der Waals surface area contributed by atoms with Gasteiger partial charge < -0.3 is 4.90 Å². The molecule has 0 aliphatic carbocycles. The molecule has 2 heterocycles. The Morgan fingerprint density at radius 3 is 1.76 bits per heavy atom. The van der Waals surface area contributed by atoms with Gasteiger partial charge in [-0.1, -0.05) is 130 Å². The van der Waals surface area contributed by atoms with Gasteiger partial charge in [-0.05, 0) is 139 Å². The monoisotopic (exact) mass is 655 g/mol. The first-order chi connectivity index (χ1) is 24.7. The van der Waals surface area contributed by atoms with Gasteiger partial charge in [0, 0.05) is 16.8 Å². The molecule has 0 saturated heterocycles. The second-order valence-corrected chi connectivity index (χ2v) is 15.8. The second-order valence-electron chi connectivity index (χ2n) is 15.8. The van der Waals surface area contributed by atoms with Gasteiger partial charge in [-0.2, -0.15) is 0 Å². The fourth-order valence-electron chi connectivity index (χ4n) is 10.1. The van der Waals surface area contributed by atoms with Crippen LogP contribution >= 0.6 is 0 Å². The number of aryl methyl sites for hydroxylation is 3. The van der Waals surface area contributed by atoms with Crippen LogP contribution in [0, 0.1) is 20.8 Å². The zero-order valence-electron chi connectivity index (χ0n) is 30.6. The molecular weight excluding hydrogens is 613 g/mol. The number of nitrogens with zero attached hydrogens (tertiary/aromatic N) is 1. The van der Waals surface area contributed by atoms with Gasteiger partial charge in [-0.25, -0.2) is 0 Å². The van der Waals surface area contributed by atoms with Crippen molar-refractivity contribution in [2.24, 2.45) is 0 Å². The van der Waals surface area contributed by atoms with E-state index in [2.05, 4.69) is 169 Å². The van der Waals surface area contributed by atoms with E-state index in [1.807, 2.05) is 0 Å². The van der Waals surface area contributed by atoms with Crippen LogP contribution in [0.15, 0.2) is 115 Å². The molecule has 0 unspecified atom stereocenters. The van der Waals surface area contributed by atoms with Crippen LogP contribution in [0.2, 0.25) is 0 Å². The zero-order chi connectivity index (χ0) is 34.9. The maximum absolute atomic E-state index is 2.60. The highest BCUT2D eigenvalue weighted by molar-refractivity contribution is 7.01. The van der Waals surface area contributed by atoms with Crippen molar-refractivity contribution in [3.8, 4) is 22.3 Å². The first kappa shape index (κ1) is 30.5. The molecule has 0 atom stereocenters. The summed E-state index contributed by atoms with van der Waals surface area (Å²) in [6, 6.07) is 44.6. The summed E-state index contributed by atoms with van der Waals surface area (Å²) >= 11 is 0. The number of rotatable bonds is 4. The molecular formula is C49H42BN. The van der Waals surface area contributed by atoms with Crippen LogP contribution < -0.4 is 21.3 Å². The van der Waals surface area contributed by atoms with Crippen molar-refractivity contribution >= 4 is 72.5 Å². The summed E-state index contributed by atoms with van der Waals surface area (Å²) in [5.74, 6) is 0.750. The highest BCUT2D eigenvalue weighted by Gasteiger charge is 2.42. The molecule has 8 aromatic carbocycles. The minimum absolute atomic E-state index is 0.237. The average Bonchev–Trinajstić information content (AvgIpc) is 3.46. The molecule has 2 aliphatic heterocycles. The van der Waals surface area contributed by atoms with Crippen molar-refractivity contribution in [1.82, 2.24) is 0 Å². The van der Waals surface area contributed by atoms with Gasteiger partial charge in [0.1, 0.15) is 0 Å². The first-order valence-corrected chi connectivity index (χ1v) is 18.7. The normalized spacial score (nSPS) is 13.3. The lowest BCUT2D eigenvalue weighted by molar-refractivity contribution is 0.876. The molecule has 2 aliphatic rings. The van der Waals surface area contributed by atoms with Gasteiger partial charge in [0.2, 0.25) is 6.71 Å². The Bertz CT molecular complexity index is 2730. The molecule has 0 saturated carbocycles. The molecule has 0 fully saturated rings. The van der Waals surface area contributed by atoms with Crippen molar-refractivity contribution < 1.29 is 0 Å². The van der Waals surface area contributed by atoms with Gasteiger partial charge in [0.05, 0.1) is 5.69 Å². The van der Waals surface area contributed by atoms with Crippen molar-refractivity contribution in [2.75, 3.05) is 4.90 Å². The van der Waals surface area contributed by atoms with Crippen molar-refractivity contribution in [3.63, 3.8) is 0 Å². The Hall–Kier alpha value is -5.34. The number of anilines is 3. The van der Waals surface area contributed by atoms with Gasteiger partial charge in [0.25, 0.3) is 0 Å². The Balaban J connectivity index is 1.35. The summed E-state index contributed by atoms with van der Waals surface area (Å²) in [5.41, 5.74) is 20.4. The zero-order valence-corrected chi connectivity index (χ0v) is 30.6. The molecule has 0 radical (unpaired) electrons.